The molecule has 28 heavy (non-hydrogen) atoms. The van der Waals surface area contributed by atoms with Crippen LogP contribution in [0.25, 0.3) is 11.5 Å². The molecule has 1 atom stereocenters. The van der Waals surface area contributed by atoms with Crippen LogP contribution in [0.5, 0.6) is 0 Å². The average Bonchev–Trinajstić information content (AvgIpc) is 3.47. The second-order valence-corrected chi connectivity index (χ2v) is 6.78. The normalized spacial score (nSPS) is 16.2. The standard InChI is InChI=1S/C20H18N6O2/c1-12-2-3-17(28-12)15-10-16(25-24-15)20(27)26-9-6-14-18(23-11-22-14)19(26)13-4-7-21-8-5-13/h2-5,7-8,10-11,19H,6,9H2,1H3,(H,22,23)(H,24,25)/t19-/m1/s1. The second-order valence-electron chi connectivity index (χ2n) is 6.78. The first-order valence-electron chi connectivity index (χ1n) is 9.06. The zero-order valence-electron chi connectivity index (χ0n) is 15.2. The van der Waals surface area contributed by atoms with Crippen molar-refractivity contribution in [1.82, 2.24) is 30.0 Å². The van der Waals surface area contributed by atoms with Gasteiger partial charge in [0.05, 0.1) is 12.0 Å². The lowest BCUT2D eigenvalue weighted by Crippen LogP contribution is -2.41. The third-order valence-electron chi connectivity index (χ3n) is 5.01. The predicted molar refractivity (Wildman–Crippen MR) is 100 cm³/mol. The summed E-state index contributed by atoms with van der Waals surface area (Å²) in [4.78, 5) is 26.9. The van der Waals surface area contributed by atoms with Crippen molar-refractivity contribution < 1.29 is 9.21 Å². The Labute approximate surface area is 160 Å². The fourth-order valence-corrected chi connectivity index (χ4v) is 3.66. The Bertz CT molecular complexity index is 1130. The van der Waals surface area contributed by atoms with E-state index in [0.717, 1.165) is 29.1 Å². The number of amides is 1. The van der Waals surface area contributed by atoms with E-state index >= 15 is 0 Å². The summed E-state index contributed by atoms with van der Waals surface area (Å²) < 4.78 is 5.62. The van der Waals surface area contributed by atoms with Gasteiger partial charge < -0.3 is 14.3 Å². The molecule has 0 aliphatic carbocycles. The lowest BCUT2D eigenvalue weighted by atomic mass is 9.96. The van der Waals surface area contributed by atoms with Crippen LogP contribution in [0.3, 0.4) is 0 Å². The van der Waals surface area contributed by atoms with Crippen LogP contribution >= 0.6 is 0 Å². The highest BCUT2D eigenvalue weighted by Crippen LogP contribution is 2.34. The Hall–Kier alpha value is -3.68. The van der Waals surface area contributed by atoms with Crippen LogP contribution < -0.4 is 0 Å². The summed E-state index contributed by atoms with van der Waals surface area (Å²) in [6.45, 7) is 2.45. The van der Waals surface area contributed by atoms with E-state index in [1.54, 1.807) is 24.8 Å². The molecule has 5 rings (SSSR count). The highest BCUT2D eigenvalue weighted by atomic mass is 16.3. The van der Waals surface area contributed by atoms with E-state index in [1.165, 1.54) is 0 Å². The van der Waals surface area contributed by atoms with Gasteiger partial charge in [-0.05, 0) is 36.8 Å². The van der Waals surface area contributed by atoms with Crippen LogP contribution in [0.15, 0.2) is 53.5 Å². The number of imidazole rings is 1. The van der Waals surface area contributed by atoms with E-state index < -0.39 is 0 Å². The number of nitrogens with zero attached hydrogens (tertiary/aromatic N) is 4. The van der Waals surface area contributed by atoms with Gasteiger partial charge in [-0.1, -0.05) is 0 Å². The van der Waals surface area contributed by atoms with Crippen LogP contribution in [0.4, 0.5) is 0 Å². The molecule has 0 bridgehead atoms. The van der Waals surface area contributed by atoms with Crippen molar-refractivity contribution in [1.29, 1.82) is 0 Å². The fraction of sp³-hybridized carbons (Fsp3) is 0.200. The molecule has 0 saturated carbocycles. The largest absolute Gasteiger partial charge is 0.460 e. The molecule has 4 aromatic rings. The molecule has 8 heteroatoms. The molecule has 0 radical (unpaired) electrons. The summed E-state index contributed by atoms with van der Waals surface area (Å²) >= 11 is 0. The molecule has 140 valence electrons. The molecule has 8 nitrogen and oxygen atoms in total. The number of carbonyl (C=O) groups excluding carboxylic acids is 1. The first kappa shape index (κ1) is 16.5. The monoisotopic (exact) mass is 374 g/mol. The first-order valence-corrected chi connectivity index (χ1v) is 9.06. The summed E-state index contributed by atoms with van der Waals surface area (Å²) in [7, 11) is 0. The number of pyridine rings is 1. The van der Waals surface area contributed by atoms with E-state index in [4.69, 9.17) is 4.42 Å². The van der Waals surface area contributed by atoms with Crippen molar-refractivity contribution in [2.24, 2.45) is 0 Å². The number of aryl methyl sites for hydroxylation is 1. The number of nitrogens with one attached hydrogen (secondary N) is 2. The fourth-order valence-electron chi connectivity index (χ4n) is 3.66. The van der Waals surface area contributed by atoms with Crippen LogP contribution in [-0.2, 0) is 6.42 Å². The number of aromatic amines is 2. The number of hydrogen-bond donors (Lipinski definition) is 2. The molecule has 0 spiro atoms. The minimum Gasteiger partial charge on any atom is -0.460 e. The lowest BCUT2D eigenvalue weighted by molar-refractivity contribution is 0.0684. The SMILES string of the molecule is Cc1ccc(-c2cc(C(=O)N3CCc4[nH]cnc4[C@H]3c3ccncc3)n[nH]2)o1. The van der Waals surface area contributed by atoms with Gasteiger partial charge >= 0.3 is 0 Å². The molecule has 0 saturated heterocycles. The van der Waals surface area contributed by atoms with Gasteiger partial charge in [0.25, 0.3) is 5.91 Å². The maximum Gasteiger partial charge on any atom is 0.275 e. The van der Waals surface area contributed by atoms with Crippen molar-refractivity contribution in [2.75, 3.05) is 6.54 Å². The van der Waals surface area contributed by atoms with Crippen LogP contribution in [0.2, 0.25) is 0 Å². The molecule has 1 aliphatic heterocycles. The van der Waals surface area contributed by atoms with Gasteiger partial charge in [0.2, 0.25) is 0 Å². The minimum atomic E-state index is -0.281. The highest BCUT2D eigenvalue weighted by molar-refractivity contribution is 5.94. The Morgan fingerprint density at radius 3 is 2.89 bits per heavy atom. The number of aromatic nitrogens is 5. The number of H-pyrrole nitrogens is 2. The Kier molecular flexibility index (Phi) is 3.82. The number of hydrogen-bond acceptors (Lipinski definition) is 5. The molecule has 4 aromatic heterocycles. The van der Waals surface area contributed by atoms with Gasteiger partial charge in [-0.3, -0.25) is 14.9 Å². The Morgan fingerprint density at radius 2 is 2.11 bits per heavy atom. The Morgan fingerprint density at radius 1 is 1.25 bits per heavy atom. The summed E-state index contributed by atoms with van der Waals surface area (Å²) in [6.07, 6.45) is 5.85. The van der Waals surface area contributed by atoms with Gasteiger partial charge in [-0.15, -0.1) is 0 Å². The van der Waals surface area contributed by atoms with Gasteiger partial charge in [0, 0.05) is 37.1 Å². The maximum atomic E-state index is 13.3. The van der Waals surface area contributed by atoms with E-state index in [9.17, 15) is 4.79 Å². The summed E-state index contributed by atoms with van der Waals surface area (Å²) in [5, 5.41) is 7.13. The number of furan rings is 1. The molecule has 0 aromatic carbocycles. The van der Waals surface area contributed by atoms with E-state index in [-0.39, 0.29) is 11.9 Å². The number of carbonyl (C=O) groups is 1. The van der Waals surface area contributed by atoms with Crippen LogP contribution in [-0.4, -0.2) is 42.5 Å². The first-order chi connectivity index (χ1) is 13.7. The zero-order chi connectivity index (χ0) is 19.1. The van der Waals surface area contributed by atoms with E-state index in [0.29, 0.717) is 23.7 Å². The van der Waals surface area contributed by atoms with Crippen molar-refractivity contribution in [2.45, 2.75) is 19.4 Å². The molecular weight excluding hydrogens is 356 g/mol. The molecule has 2 N–H and O–H groups in total. The topological polar surface area (TPSA) is 104 Å². The summed E-state index contributed by atoms with van der Waals surface area (Å²) in [6, 6.07) is 9.00. The van der Waals surface area contributed by atoms with Gasteiger partial charge in [0.1, 0.15) is 17.5 Å². The zero-order valence-corrected chi connectivity index (χ0v) is 15.2. The van der Waals surface area contributed by atoms with E-state index in [1.807, 2.05) is 36.1 Å². The molecular formula is C20H18N6O2. The van der Waals surface area contributed by atoms with Crippen molar-refractivity contribution in [3.63, 3.8) is 0 Å². The van der Waals surface area contributed by atoms with Gasteiger partial charge in [-0.2, -0.15) is 5.10 Å². The van der Waals surface area contributed by atoms with E-state index in [2.05, 4.69) is 25.1 Å². The van der Waals surface area contributed by atoms with Crippen molar-refractivity contribution in [3.8, 4) is 11.5 Å². The van der Waals surface area contributed by atoms with Gasteiger partial charge in [-0.25, -0.2) is 4.98 Å². The predicted octanol–water partition coefficient (Wildman–Crippen LogP) is 2.88. The third kappa shape index (κ3) is 2.70. The molecule has 1 amide bonds. The maximum absolute atomic E-state index is 13.3. The van der Waals surface area contributed by atoms with Crippen LogP contribution in [0.1, 0.15) is 39.2 Å². The number of fused-ring (bicyclic) bond motifs is 1. The van der Waals surface area contributed by atoms with Crippen molar-refractivity contribution in [3.05, 3.63) is 77.5 Å². The van der Waals surface area contributed by atoms with Crippen LogP contribution in [0, 0.1) is 6.92 Å². The van der Waals surface area contributed by atoms with Crippen molar-refractivity contribution >= 4 is 5.91 Å². The molecule has 0 unspecified atom stereocenters. The quantitative estimate of drug-likeness (QED) is 0.574. The molecule has 1 aliphatic rings. The summed E-state index contributed by atoms with van der Waals surface area (Å²) in [5.74, 6) is 1.31. The highest BCUT2D eigenvalue weighted by Gasteiger charge is 2.35. The summed E-state index contributed by atoms with van der Waals surface area (Å²) in [5.41, 5.74) is 3.91. The molecule has 0 fully saturated rings. The molecule has 5 heterocycles. The second kappa shape index (κ2) is 6.49. The lowest BCUT2D eigenvalue weighted by Gasteiger charge is -2.34. The average molecular weight is 374 g/mol. The smallest absolute Gasteiger partial charge is 0.275 e. The van der Waals surface area contributed by atoms with Gasteiger partial charge in [0.15, 0.2) is 11.5 Å². The minimum absolute atomic E-state index is 0.152. The number of rotatable bonds is 3. The Balaban J connectivity index is 1.51. The third-order valence-corrected chi connectivity index (χ3v) is 5.01.